The van der Waals surface area contributed by atoms with Gasteiger partial charge in [-0.2, -0.15) is 0 Å². The van der Waals surface area contributed by atoms with Crippen LogP contribution in [0.2, 0.25) is 0 Å². The third kappa shape index (κ3) is 20.3. The molecule has 4 rings (SSSR count). The molecule has 3 aliphatic carbocycles. The van der Waals surface area contributed by atoms with E-state index >= 15 is 0 Å². The second-order valence-electron chi connectivity index (χ2n) is 15.5. The van der Waals surface area contributed by atoms with E-state index < -0.39 is 0 Å². The minimum absolute atomic E-state index is 0.0655. The Morgan fingerprint density at radius 2 is 0.392 bits per heavy atom. The van der Waals surface area contributed by atoms with E-state index in [0.29, 0.717) is 0 Å². The molecule has 288 valence electrons. The molecule has 9 heteroatoms. The lowest BCUT2D eigenvalue weighted by molar-refractivity contribution is 0.247. The largest absolute Gasteiger partial charge is 0.355 e. The van der Waals surface area contributed by atoms with Crippen LogP contribution in [0.4, 0.5) is 0 Å². The fourth-order valence-corrected chi connectivity index (χ4v) is 7.62. The van der Waals surface area contributed by atoms with Gasteiger partial charge in [0.25, 0.3) is 0 Å². The van der Waals surface area contributed by atoms with Gasteiger partial charge in [0.1, 0.15) is 0 Å². The molecule has 0 aliphatic heterocycles. The Kier molecular flexibility index (Phi) is 22.6. The molecule has 3 saturated carbocycles. The highest BCUT2D eigenvalue weighted by atomic mass is 16.7. The highest BCUT2D eigenvalue weighted by Crippen LogP contribution is 2.21. The molecule has 0 bridgehead atoms. The number of rotatable bonds is 6. The smallest absolute Gasteiger partial charge is 0.315 e. The number of hydrogen-bond acceptors (Lipinski definition) is 9. The Balaban J connectivity index is 1.49. The van der Waals surface area contributed by atoms with Crippen LogP contribution in [0.15, 0.2) is 15.5 Å². The molecule has 3 fully saturated rings. The van der Waals surface area contributed by atoms with Crippen molar-refractivity contribution in [3.05, 3.63) is 0 Å². The lowest BCUT2D eigenvalue weighted by Crippen LogP contribution is -2.07. The van der Waals surface area contributed by atoms with Crippen molar-refractivity contribution in [3.63, 3.8) is 0 Å². The van der Waals surface area contributed by atoms with Gasteiger partial charge >= 0.3 is 18.0 Å². The maximum Gasteiger partial charge on any atom is 0.355 e. The Morgan fingerprint density at radius 3 is 0.569 bits per heavy atom. The van der Waals surface area contributed by atoms with Crippen molar-refractivity contribution in [2.45, 2.75) is 231 Å². The van der Waals surface area contributed by atoms with Crippen molar-refractivity contribution in [1.29, 1.82) is 0 Å². The van der Waals surface area contributed by atoms with Crippen LogP contribution in [0.25, 0.3) is 0 Å². The van der Waals surface area contributed by atoms with E-state index in [-0.39, 0.29) is 18.0 Å². The van der Waals surface area contributed by atoms with Gasteiger partial charge in [0, 0.05) is 0 Å². The van der Waals surface area contributed by atoms with Crippen LogP contribution < -0.4 is 14.5 Å². The highest BCUT2D eigenvalue weighted by Gasteiger charge is 2.14. The topological polar surface area (TPSA) is 103 Å². The minimum atomic E-state index is 0.0655. The average Bonchev–Trinajstić information content (AvgIpc) is 3.21. The normalized spacial score (nSPS) is 21.5. The molecule has 9 nitrogen and oxygen atoms in total. The molecular formula is C42H72N6O3. The molecule has 0 aromatic carbocycles. The molecule has 0 amide bonds. The summed E-state index contributed by atoms with van der Waals surface area (Å²) in [5, 5.41) is 13.8. The van der Waals surface area contributed by atoms with Crippen LogP contribution in [-0.4, -0.2) is 32.1 Å². The molecular weight excluding hydrogens is 637 g/mol. The predicted octanol–water partition coefficient (Wildman–Crippen LogP) is 13.2. The SMILES string of the molecule is C1CCCCCCC(=NOc2nc(ON=C3CCCCCCCCCCCC3)nc(ON=C3CCCCCCCCCCCC3)n2)CCCCC1. The molecule has 1 aromatic rings. The quantitative estimate of drug-likeness (QED) is 0.272. The number of oxime groups is 3. The first kappa shape index (κ1) is 41.2. The summed E-state index contributed by atoms with van der Waals surface area (Å²) in [4.78, 5) is 31.3. The van der Waals surface area contributed by atoms with Gasteiger partial charge in [0.2, 0.25) is 0 Å². The summed E-state index contributed by atoms with van der Waals surface area (Å²) in [6.45, 7) is 0. The summed E-state index contributed by atoms with van der Waals surface area (Å²) >= 11 is 0. The van der Waals surface area contributed by atoms with Crippen molar-refractivity contribution in [2.75, 3.05) is 0 Å². The molecule has 3 aliphatic rings. The fourth-order valence-electron chi connectivity index (χ4n) is 7.62. The van der Waals surface area contributed by atoms with Crippen molar-refractivity contribution >= 4 is 17.1 Å². The number of hydrogen-bond donors (Lipinski definition) is 0. The first-order valence-electron chi connectivity index (χ1n) is 21.8. The second-order valence-corrected chi connectivity index (χ2v) is 15.5. The summed E-state index contributed by atoms with van der Waals surface area (Å²) in [5.74, 6) is 0. The van der Waals surface area contributed by atoms with Crippen molar-refractivity contribution in [2.24, 2.45) is 15.5 Å². The summed E-state index contributed by atoms with van der Waals surface area (Å²) in [6, 6.07) is 0.196. The maximum absolute atomic E-state index is 5.94. The standard InChI is InChI=1S/C42H72N6O3/c1-2-8-14-20-26-32-37(31-25-19-13-7-1)46-49-40-43-41(50-47-38-33-27-21-15-9-3-4-10-16-22-28-34-38)45-42(44-40)51-48-39-35-29-23-17-11-5-6-12-18-24-30-36-39/h1-36H2. The van der Waals surface area contributed by atoms with Gasteiger partial charge < -0.3 is 14.5 Å². The zero-order valence-corrected chi connectivity index (χ0v) is 32.4. The maximum atomic E-state index is 5.94. The van der Waals surface area contributed by atoms with Crippen LogP contribution in [0.1, 0.15) is 231 Å². The third-order valence-electron chi connectivity index (χ3n) is 10.9. The van der Waals surface area contributed by atoms with Gasteiger partial charge in [-0.3, -0.25) is 0 Å². The molecule has 0 radical (unpaired) electrons. The van der Waals surface area contributed by atoms with E-state index in [0.717, 1.165) is 94.2 Å². The van der Waals surface area contributed by atoms with Crippen LogP contribution in [0, 0.1) is 0 Å². The molecule has 0 atom stereocenters. The molecule has 1 heterocycles. The van der Waals surface area contributed by atoms with Crippen molar-refractivity contribution in [3.8, 4) is 18.0 Å². The Labute approximate surface area is 310 Å². The Bertz CT molecular complexity index is 941. The zero-order valence-electron chi connectivity index (χ0n) is 32.4. The summed E-state index contributed by atoms with van der Waals surface area (Å²) in [6.07, 6.45) is 44.0. The Morgan fingerprint density at radius 1 is 0.235 bits per heavy atom. The van der Waals surface area contributed by atoms with Gasteiger partial charge in [-0.05, 0) is 77.0 Å². The van der Waals surface area contributed by atoms with Crippen LogP contribution in [0.5, 0.6) is 18.0 Å². The van der Waals surface area contributed by atoms with Crippen molar-refractivity contribution < 1.29 is 14.5 Å². The van der Waals surface area contributed by atoms with E-state index in [9.17, 15) is 0 Å². The summed E-state index contributed by atoms with van der Waals surface area (Å²) in [5.41, 5.74) is 3.23. The van der Waals surface area contributed by atoms with Crippen LogP contribution in [-0.2, 0) is 0 Å². The van der Waals surface area contributed by atoms with E-state index in [4.69, 9.17) is 14.5 Å². The first-order valence-corrected chi connectivity index (χ1v) is 21.8. The van der Waals surface area contributed by atoms with Crippen LogP contribution >= 0.6 is 0 Å². The molecule has 1 aromatic heterocycles. The molecule has 0 saturated heterocycles. The van der Waals surface area contributed by atoms with Gasteiger partial charge in [0.15, 0.2) is 0 Å². The summed E-state index contributed by atoms with van der Waals surface area (Å²) < 4.78 is 0. The third-order valence-corrected chi connectivity index (χ3v) is 10.9. The van der Waals surface area contributed by atoms with Gasteiger partial charge in [0.05, 0.1) is 17.1 Å². The lowest BCUT2D eigenvalue weighted by Gasteiger charge is -2.09. The molecule has 0 unspecified atom stereocenters. The molecule has 0 spiro atoms. The number of nitrogens with zero attached hydrogens (tertiary/aromatic N) is 6. The fraction of sp³-hybridized carbons (Fsp3) is 0.857. The second kappa shape index (κ2) is 28.0. The molecule has 51 heavy (non-hydrogen) atoms. The summed E-state index contributed by atoms with van der Waals surface area (Å²) in [7, 11) is 0. The highest BCUT2D eigenvalue weighted by molar-refractivity contribution is 5.84. The predicted molar refractivity (Wildman–Crippen MR) is 210 cm³/mol. The zero-order chi connectivity index (χ0) is 35.3. The first-order chi connectivity index (χ1) is 25.3. The van der Waals surface area contributed by atoms with Crippen LogP contribution in [0.3, 0.4) is 0 Å². The van der Waals surface area contributed by atoms with E-state index in [1.54, 1.807) is 0 Å². The average molecular weight is 709 g/mol. The van der Waals surface area contributed by atoms with Crippen molar-refractivity contribution in [1.82, 2.24) is 15.0 Å². The number of aromatic nitrogens is 3. The van der Waals surface area contributed by atoms with E-state index in [1.807, 2.05) is 0 Å². The molecule has 0 N–H and O–H groups in total. The van der Waals surface area contributed by atoms with Gasteiger partial charge in [-0.15, -0.1) is 15.0 Å². The van der Waals surface area contributed by atoms with E-state index in [2.05, 4.69) is 30.4 Å². The lowest BCUT2D eigenvalue weighted by atomic mass is 10.0. The van der Waals surface area contributed by atoms with E-state index in [1.165, 1.54) is 154 Å². The minimum Gasteiger partial charge on any atom is -0.315 e. The van der Waals surface area contributed by atoms with Gasteiger partial charge in [-0.25, -0.2) is 0 Å². The van der Waals surface area contributed by atoms with Gasteiger partial charge in [-0.1, -0.05) is 170 Å². The monoisotopic (exact) mass is 709 g/mol. The Hall–Kier alpha value is -2.58.